The van der Waals surface area contributed by atoms with E-state index in [0.29, 0.717) is 18.0 Å². The van der Waals surface area contributed by atoms with Gasteiger partial charge in [0.2, 0.25) is 0 Å². The second-order valence-electron chi connectivity index (χ2n) is 4.25. The molecule has 0 aliphatic heterocycles. The molecule has 0 aromatic heterocycles. The Labute approximate surface area is 77.1 Å². The molecule has 0 rings (SSSR count). The van der Waals surface area contributed by atoms with Crippen molar-refractivity contribution < 1.29 is 0 Å². The monoisotopic (exact) mass is 172 g/mol. The number of hydrogen-bond donors (Lipinski definition) is 1. The van der Waals surface area contributed by atoms with Gasteiger partial charge in [0.15, 0.2) is 0 Å². The van der Waals surface area contributed by atoms with E-state index in [1.165, 1.54) is 0 Å². The van der Waals surface area contributed by atoms with Gasteiger partial charge < -0.3 is 5.73 Å². The Balaban J connectivity index is 4.08. The Bertz CT molecular complexity index is 107. The zero-order valence-corrected chi connectivity index (χ0v) is 9.33. The number of nitrogens with zero attached hydrogens (tertiary/aromatic N) is 1. The summed E-state index contributed by atoms with van der Waals surface area (Å²) in [5, 5.41) is 0. The van der Waals surface area contributed by atoms with Crippen LogP contribution < -0.4 is 5.73 Å². The van der Waals surface area contributed by atoms with Crippen molar-refractivity contribution >= 4 is 0 Å². The molecule has 0 amide bonds. The molecular formula is C10H24N2. The van der Waals surface area contributed by atoms with Gasteiger partial charge in [0.25, 0.3) is 0 Å². The quantitative estimate of drug-likeness (QED) is 0.699. The Hall–Kier alpha value is -0.0800. The van der Waals surface area contributed by atoms with Gasteiger partial charge in [-0.2, -0.15) is 0 Å². The van der Waals surface area contributed by atoms with E-state index in [4.69, 9.17) is 5.73 Å². The first kappa shape index (κ1) is 11.9. The summed E-state index contributed by atoms with van der Waals surface area (Å²) in [7, 11) is 2.15. The minimum atomic E-state index is 0.246. The van der Waals surface area contributed by atoms with E-state index in [1.54, 1.807) is 0 Å². The molecule has 0 aromatic rings. The number of hydrogen-bond acceptors (Lipinski definition) is 2. The summed E-state index contributed by atoms with van der Waals surface area (Å²) in [6.07, 6.45) is 0. The molecule has 0 aliphatic rings. The average Bonchev–Trinajstić information content (AvgIpc) is 2.00. The van der Waals surface area contributed by atoms with E-state index >= 15 is 0 Å². The van der Waals surface area contributed by atoms with E-state index in [-0.39, 0.29) is 6.04 Å². The van der Waals surface area contributed by atoms with Crippen LogP contribution in [0.2, 0.25) is 0 Å². The zero-order valence-electron chi connectivity index (χ0n) is 9.33. The van der Waals surface area contributed by atoms with Crippen LogP contribution in [0.25, 0.3) is 0 Å². The highest BCUT2D eigenvalue weighted by atomic mass is 15.2. The fraction of sp³-hybridized carbons (Fsp3) is 1.00. The van der Waals surface area contributed by atoms with Crippen molar-refractivity contribution in [2.24, 2.45) is 11.7 Å². The largest absolute Gasteiger partial charge is 0.327 e. The number of rotatable bonds is 4. The molecule has 0 spiro atoms. The Morgan fingerprint density at radius 1 is 0.917 bits per heavy atom. The van der Waals surface area contributed by atoms with Crippen LogP contribution in [0.1, 0.15) is 34.6 Å². The predicted octanol–water partition coefficient (Wildman–Crippen LogP) is 1.70. The van der Waals surface area contributed by atoms with Crippen molar-refractivity contribution in [3.63, 3.8) is 0 Å². The average molecular weight is 172 g/mol. The second kappa shape index (κ2) is 4.83. The van der Waals surface area contributed by atoms with Gasteiger partial charge in [-0.3, -0.25) is 4.90 Å². The lowest BCUT2D eigenvalue weighted by Gasteiger charge is -2.35. The zero-order chi connectivity index (χ0) is 9.89. The summed E-state index contributed by atoms with van der Waals surface area (Å²) >= 11 is 0. The van der Waals surface area contributed by atoms with Crippen molar-refractivity contribution in [3.05, 3.63) is 0 Å². The van der Waals surface area contributed by atoms with Crippen LogP contribution in [0.4, 0.5) is 0 Å². The van der Waals surface area contributed by atoms with Gasteiger partial charge in [-0.25, -0.2) is 0 Å². The van der Waals surface area contributed by atoms with Crippen LogP contribution >= 0.6 is 0 Å². The standard InChI is InChI=1S/C10H24N2/c1-7(2)9(4)12(6)10(5)8(3)11/h7-10H,11H2,1-6H3. The Morgan fingerprint density at radius 3 is 1.58 bits per heavy atom. The molecular weight excluding hydrogens is 148 g/mol. The van der Waals surface area contributed by atoms with Crippen molar-refractivity contribution in [2.45, 2.75) is 52.7 Å². The molecule has 0 bridgehead atoms. The highest BCUT2D eigenvalue weighted by Crippen LogP contribution is 2.12. The van der Waals surface area contributed by atoms with Gasteiger partial charge in [-0.1, -0.05) is 13.8 Å². The molecule has 0 aromatic carbocycles. The molecule has 0 fully saturated rings. The fourth-order valence-corrected chi connectivity index (χ4v) is 1.21. The second-order valence-corrected chi connectivity index (χ2v) is 4.25. The van der Waals surface area contributed by atoms with Crippen LogP contribution in [-0.4, -0.2) is 30.1 Å². The van der Waals surface area contributed by atoms with Crippen LogP contribution in [0.5, 0.6) is 0 Å². The van der Waals surface area contributed by atoms with Gasteiger partial charge >= 0.3 is 0 Å². The van der Waals surface area contributed by atoms with Gasteiger partial charge in [0.05, 0.1) is 0 Å². The molecule has 3 atom stereocenters. The predicted molar refractivity (Wildman–Crippen MR) is 55.2 cm³/mol. The normalized spacial score (nSPS) is 19.8. The maximum absolute atomic E-state index is 5.83. The molecule has 12 heavy (non-hydrogen) atoms. The van der Waals surface area contributed by atoms with Crippen LogP contribution in [0.15, 0.2) is 0 Å². The summed E-state index contributed by atoms with van der Waals surface area (Å²) in [5.41, 5.74) is 5.83. The van der Waals surface area contributed by atoms with Gasteiger partial charge in [-0.15, -0.1) is 0 Å². The minimum absolute atomic E-state index is 0.246. The van der Waals surface area contributed by atoms with Crippen molar-refractivity contribution in [1.29, 1.82) is 0 Å². The minimum Gasteiger partial charge on any atom is -0.327 e. The summed E-state index contributed by atoms with van der Waals surface area (Å²) in [4.78, 5) is 2.36. The summed E-state index contributed by atoms with van der Waals surface area (Å²) in [5.74, 6) is 0.691. The van der Waals surface area contributed by atoms with E-state index in [0.717, 1.165) is 0 Å². The molecule has 2 heteroatoms. The van der Waals surface area contributed by atoms with E-state index in [2.05, 4.69) is 46.6 Å². The third kappa shape index (κ3) is 3.11. The molecule has 0 aliphatic carbocycles. The SMILES string of the molecule is CC(C)C(C)N(C)C(C)C(C)N. The lowest BCUT2D eigenvalue weighted by Crippen LogP contribution is -2.47. The molecule has 74 valence electrons. The van der Waals surface area contributed by atoms with Crippen molar-refractivity contribution in [1.82, 2.24) is 4.90 Å². The highest BCUT2D eigenvalue weighted by Gasteiger charge is 2.20. The Kier molecular flexibility index (Phi) is 4.80. The van der Waals surface area contributed by atoms with E-state index in [9.17, 15) is 0 Å². The molecule has 0 saturated heterocycles. The van der Waals surface area contributed by atoms with Crippen LogP contribution in [-0.2, 0) is 0 Å². The fourth-order valence-electron chi connectivity index (χ4n) is 1.21. The lowest BCUT2D eigenvalue weighted by atomic mass is 10.0. The van der Waals surface area contributed by atoms with Crippen LogP contribution in [0.3, 0.4) is 0 Å². The summed E-state index contributed by atoms with van der Waals surface area (Å²) in [6.45, 7) is 11.0. The van der Waals surface area contributed by atoms with E-state index in [1.807, 2.05) is 0 Å². The van der Waals surface area contributed by atoms with Gasteiger partial charge in [-0.05, 0) is 33.7 Å². The first-order valence-corrected chi connectivity index (χ1v) is 4.85. The molecule has 2 N–H and O–H groups in total. The van der Waals surface area contributed by atoms with Crippen LogP contribution in [0, 0.1) is 5.92 Å². The van der Waals surface area contributed by atoms with E-state index < -0.39 is 0 Å². The molecule has 3 unspecified atom stereocenters. The maximum atomic E-state index is 5.83. The molecule has 0 saturated carbocycles. The van der Waals surface area contributed by atoms with Crippen molar-refractivity contribution in [3.8, 4) is 0 Å². The lowest BCUT2D eigenvalue weighted by molar-refractivity contribution is 0.143. The molecule has 2 nitrogen and oxygen atoms in total. The summed E-state index contributed by atoms with van der Waals surface area (Å²) in [6, 6.07) is 1.31. The third-order valence-corrected chi connectivity index (χ3v) is 3.01. The maximum Gasteiger partial charge on any atom is 0.0216 e. The van der Waals surface area contributed by atoms with Crippen molar-refractivity contribution in [2.75, 3.05) is 7.05 Å². The molecule has 0 radical (unpaired) electrons. The van der Waals surface area contributed by atoms with Gasteiger partial charge in [0.1, 0.15) is 0 Å². The van der Waals surface area contributed by atoms with Gasteiger partial charge in [0, 0.05) is 18.1 Å². The first-order valence-electron chi connectivity index (χ1n) is 4.85. The number of likely N-dealkylation sites (N-methyl/N-ethyl adjacent to an activating group) is 1. The third-order valence-electron chi connectivity index (χ3n) is 3.01. The molecule has 0 heterocycles. The Morgan fingerprint density at radius 2 is 1.33 bits per heavy atom. The number of nitrogens with two attached hydrogens (primary N) is 1. The summed E-state index contributed by atoms with van der Waals surface area (Å²) < 4.78 is 0. The first-order chi connectivity index (χ1) is 5.37. The smallest absolute Gasteiger partial charge is 0.0216 e. The highest BCUT2D eigenvalue weighted by molar-refractivity contribution is 4.77. The topological polar surface area (TPSA) is 29.3 Å².